The summed E-state index contributed by atoms with van der Waals surface area (Å²) in [6.45, 7) is 2.39. The zero-order valence-electron chi connectivity index (χ0n) is 9.93. The lowest BCUT2D eigenvalue weighted by molar-refractivity contribution is 0.0124. The zero-order chi connectivity index (χ0) is 11.5. The van der Waals surface area contributed by atoms with Crippen molar-refractivity contribution in [2.45, 2.75) is 44.1 Å². The van der Waals surface area contributed by atoms with Crippen LogP contribution in [0.4, 0.5) is 0 Å². The first-order chi connectivity index (χ1) is 8.42. The summed E-state index contributed by atoms with van der Waals surface area (Å²) in [6, 6.07) is 0. The molecular formula is C12H18N2O3. The number of rotatable bonds is 3. The Morgan fingerprint density at radius 2 is 2.18 bits per heavy atom. The number of hydrogen-bond acceptors (Lipinski definition) is 5. The van der Waals surface area contributed by atoms with Crippen molar-refractivity contribution in [1.82, 2.24) is 10.1 Å². The molecule has 3 rings (SSSR count). The summed E-state index contributed by atoms with van der Waals surface area (Å²) in [4.78, 5) is 4.45. The average molecular weight is 238 g/mol. The number of hydrogen-bond donors (Lipinski definition) is 0. The minimum atomic E-state index is 0.261. The fourth-order valence-corrected chi connectivity index (χ4v) is 2.42. The molecule has 0 amide bonds. The van der Waals surface area contributed by atoms with Gasteiger partial charge in [-0.2, -0.15) is 4.98 Å². The second kappa shape index (κ2) is 5.14. The molecule has 2 fully saturated rings. The highest BCUT2D eigenvalue weighted by Gasteiger charge is 2.24. The molecule has 2 aliphatic heterocycles. The van der Waals surface area contributed by atoms with E-state index >= 15 is 0 Å². The van der Waals surface area contributed by atoms with Gasteiger partial charge in [0.2, 0.25) is 5.89 Å². The van der Waals surface area contributed by atoms with Gasteiger partial charge in [0.15, 0.2) is 5.82 Å². The van der Waals surface area contributed by atoms with Crippen LogP contribution in [0.15, 0.2) is 4.52 Å². The van der Waals surface area contributed by atoms with Crippen molar-refractivity contribution in [2.75, 3.05) is 19.8 Å². The van der Waals surface area contributed by atoms with E-state index in [0.717, 1.165) is 44.9 Å². The molecule has 2 unspecified atom stereocenters. The summed E-state index contributed by atoms with van der Waals surface area (Å²) >= 11 is 0. The Morgan fingerprint density at radius 1 is 1.18 bits per heavy atom. The lowest BCUT2D eigenvalue weighted by atomic mass is 10.1. The Morgan fingerprint density at radius 3 is 2.94 bits per heavy atom. The topological polar surface area (TPSA) is 57.4 Å². The molecule has 0 N–H and O–H groups in total. The molecule has 2 atom stereocenters. The molecule has 0 spiro atoms. The monoisotopic (exact) mass is 238 g/mol. The molecular weight excluding hydrogens is 220 g/mol. The largest absolute Gasteiger partial charge is 0.381 e. The van der Waals surface area contributed by atoms with Crippen LogP contribution < -0.4 is 0 Å². The van der Waals surface area contributed by atoms with Gasteiger partial charge in [0.1, 0.15) is 0 Å². The van der Waals surface area contributed by atoms with Crippen molar-refractivity contribution < 1.29 is 14.0 Å². The molecule has 1 aromatic heterocycles. The molecule has 94 valence electrons. The van der Waals surface area contributed by atoms with Crippen molar-refractivity contribution in [1.29, 1.82) is 0 Å². The van der Waals surface area contributed by atoms with Gasteiger partial charge in [-0.25, -0.2) is 0 Å². The highest BCUT2D eigenvalue weighted by molar-refractivity contribution is 4.98. The van der Waals surface area contributed by atoms with Gasteiger partial charge in [0.05, 0.1) is 19.1 Å². The Labute approximate surface area is 100 Å². The van der Waals surface area contributed by atoms with Gasteiger partial charge in [-0.15, -0.1) is 0 Å². The summed E-state index contributed by atoms with van der Waals surface area (Å²) < 4.78 is 16.3. The molecule has 0 radical (unpaired) electrons. The van der Waals surface area contributed by atoms with E-state index in [1.165, 1.54) is 12.8 Å². The van der Waals surface area contributed by atoms with Crippen LogP contribution >= 0.6 is 0 Å². The minimum absolute atomic E-state index is 0.261. The third kappa shape index (κ3) is 2.66. The molecule has 2 saturated heterocycles. The summed E-state index contributed by atoms with van der Waals surface area (Å²) in [5, 5.41) is 4.04. The van der Waals surface area contributed by atoms with Crippen molar-refractivity contribution in [3.8, 4) is 0 Å². The van der Waals surface area contributed by atoms with Crippen LogP contribution in [0.1, 0.15) is 43.3 Å². The van der Waals surface area contributed by atoms with Crippen LogP contribution in [0.5, 0.6) is 0 Å². The van der Waals surface area contributed by atoms with Crippen molar-refractivity contribution in [3.63, 3.8) is 0 Å². The van der Waals surface area contributed by atoms with Gasteiger partial charge in [0, 0.05) is 19.1 Å². The highest BCUT2D eigenvalue weighted by Crippen LogP contribution is 2.23. The Bertz CT molecular complexity index is 354. The van der Waals surface area contributed by atoms with Gasteiger partial charge >= 0.3 is 0 Å². The van der Waals surface area contributed by atoms with E-state index in [-0.39, 0.29) is 6.10 Å². The van der Waals surface area contributed by atoms with Crippen molar-refractivity contribution in [3.05, 3.63) is 11.7 Å². The van der Waals surface area contributed by atoms with Gasteiger partial charge < -0.3 is 14.0 Å². The van der Waals surface area contributed by atoms with Gasteiger partial charge in [-0.05, 0) is 25.7 Å². The maximum Gasteiger partial charge on any atom is 0.229 e. The Kier molecular flexibility index (Phi) is 3.38. The first-order valence-electron chi connectivity index (χ1n) is 6.43. The maximum absolute atomic E-state index is 5.66. The van der Waals surface area contributed by atoms with Crippen molar-refractivity contribution in [2.24, 2.45) is 0 Å². The third-order valence-corrected chi connectivity index (χ3v) is 3.45. The molecule has 5 nitrogen and oxygen atoms in total. The maximum atomic E-state index is 5.66. The summed E-state index contributed by atoms with van der Waals surface area (Å²) in [5.41, 5.74) is 0. The number of nitrogens with zero attached hydrogens (tertiary/aromatic N) is 2. The lowest BCUT2D eigenvalue weighted by Gasteiger charge is -2.20. The summed E-state index contributed by atoms with van der Waals surface area (Å²) in [7, 11) is 0. The van der Waals surface area contributed by atoms with Crippen LogP contribution in [-0.4, -0.2) is 36.1 Å². The van der Waals surface area contributed by atoms with Crippen LogP contribution in [0.2, 0.25) is 0 Å². The molecule has 5 heteroatoms. The van der Waals surface area contributed by atoms with Crippen molar-refractivity contribution >= 4 is 0 Å². The van der Waals surface area contributed by atoms with Crippen LogP contribution in [0.25, 0.3) is 0 Å². The van der Waals surface area contributed by atoms with Crippen LogP contribution in [0, 0.1) is 0 Å². The van der Waals surface area contributed by atoms with E-state index in [1.807, 2.05) is 0 Å². The fraction of sp³-hybridized carbons (Fsp3) is 0.833. The molecule has 2 aliphatic rings. The molecule has 0 bridgehead atoms. The number of ether oxygens (including phenoxy) is 2. The first-order valence-corrected chi connectivity index (χ1v) is 6.43. The Balaban J connectivity index is 1.59. The van der Waals surface area contributed by atoms with Gasteiger partial charge in [-0.3, -0.25) is 0 Å². The molecule has 0 aliphatic carbocycles. The normalized spacial score (nSPS) is 29.6. The van der Waals surface area contributed by atoms with Gasteiger partial charge in [0.25, 0.3) is 0 Å². The minimum Gasteiger partial charge on any atom is -0.381 e. The molecule has 0 aromatic carbocycles. The van der Waals surface area contributed by atoms with Crippen LogP contribution in [-0.2, 0) is 15.9 Å². The standard InChI is InChI=1S/C12H18N2O3/c1-2-5-16-10(3-1)7-11-13-12(14-17-11)9-4-6-15-8-9/h9-10H,1-8H2. The summed E-state index contributed by atoms with van der Waals surface area (Å²) in [6.07, 6.45) is 5.52. The van der Waals surface area contributed by atoms with E-state index in [4.69, 9.17) is 14.0 Å². The van der Waals surface area contributed by atoms with Crippen LogP contribution in [0.3, 0.4) is 0 Å². The lowest BCUT2D eigenvalue weighted by Crippen LogP contribution is -2.21. The predicted octanol–water partition coefficient (Wildman–Crippen LogP) is 1.69. The smallest absolute Gasteiger partial charge is 0.229 e. The van der Waals surface area contributed by atoms with E-state index in [1.54, 1.807) is 0 Å². The zero-order valence-corrected chi connectivity index (χ0v) is 9.93. The van der Waals surface area contributed by atoms with Gasteiger partial charge in [-0.1, -0.05) is 5.16 Å². The second-order valence-electron chi connectivity index (χ2n) is 4.80. The molecule has 3 heterocycles. The SMILES string of the molecule is C1CCC(Cc2nc(C3CCOC3)no2)OC1. The van der Waals surface area contributed by atoms with E-state index < -0.39 is 0 Å². The first kappa shape index (κ1) is 11.2. The molecule has 1 aromatic rings. The quantitative estimate of drug-likeness (QED) is 0.802. The number of aromatic nitrogens is 2. The fourth-order valence-electron chi connectivity index (χ4n) is 2.42. The average Bonchev–Trinajstić information content (AvgIpc) is 3.00. The predicted molar refractivity (Wildman–Crippen MR) is 59.8 cm³/mol. The highest BCUT2D eigenvalue weighted by atomic mass is 16.5. The molecule has 17 heavy (non-hydrogen) atoms. The molecule has 0 saturated carbocycles. The Hall–Kier alpha value is -0.940. The summed E-state index contributed by atoms with van der Waals surface area (Å²) in [5.74, 6) is 1.83. The van der Waals surface area contributed by atoms with E-state index in [9.17, 15) is 0 Å². The third-order valence-electron chi connectivity index (χ3n) is 3.45. The van der Waals surface area contributed by atoms with E-state index in [2.05, 4.69) is 10.1 Å². The second-order valence-corrected chi connectivity index (χ2v) is 4.80. The van der Waals surface area contributed by atoms with E-state index in [0.29, 0.717) is 11.8 Å².